The zero-order valence-electron chi connectivity index (χ0n) is 9.70. The number of sulfonamides is 1. The van der Waals surface area contributed by atoms with Crippen molar-refractivity contribution in [1.29, 1.82) is 0 Å². The topological polar surface area (TPSA) is 80.5 Å². The number of carbonyl (C=O) groups excluding carboxylic acids is 1. The van der Waals surface area contributed by atoms with Crippen molar-refractivity contribution >= 4 is 27.7 Å². The zero-order chi connectivity index (χ0) is 13.2. The Hall–Kier alpha value is -1.05. The van der Waals surface area contributed by atoms with Crippen molar-refractivity contribution < 1.29 is 13.2 Å². The normalized spacial score (nSPS) is 17.6. The highest BCUT2D eigenvalue weighted by Gasteiger charge is 2.26. The smallest absolute Gasteiger partial charge is 0.248 e. The Labute approximate surface area is 110 Å². The van der Waals surface area contributed by atoms with Crippen molar-refractivity contribution in [1.82, 2.24) is 4.31 Å². The van der Waals surface area contributed by atoms with E-state index in [1.54, 1.807) is 11.8 Å². The van der Waals surface area contributed by atoms with Crippen LogP contribution in [0.2, 0.25) is 0 Å². The molecule has 0 unspecified atom stereocenters. The number of benzene rings is 1. The van der Waals surface area contributed by atoms with Gasteiger partial charge in [0.15, 0.2) is 0 Å². The Kier molecular flexibility index (Phi) is 3.94. The minimum Gasteiger partial charge on any atom is -0.366 e. The van der Waals surface area contributed by atoms with E-state index in [1.165, 1.54) is 28.6 Å². The summed E-state index contributed by atoms with van der Waals surface area (Å²) in [4.78, 5) is 11.2. The molecule has 0 radical (unpaired) electrons. The van der Waals surface area contributed by atoms with Gasteiger partial charge in [-0.05, 0) is 18.2 Å². The molecular formula is C11H14N2O3S2. The van der Waals surface area contributed by atoms with Gasteiger partial charge in [-0.1, -0.05) is 6.07 Å². The average Bonchev–Trinajstić information content (AvgIpc) is 2.40. The number of amides is 1. The molecule has 18 heavy (non-hydrogen) atoms. The van der Waals surface area contributed by atoms with Crippen LogP contribution in [0.5, 0.6) is 0 Å². The van der Waals surface area contributed by atoms with Gasteiger partial charge in [0.25, 0.3) is 0 Å². The lowest BCUT2D eigenvalue weighted by atomic mass is 10.2. The molecule has 2 N–H and O–H groups in total. The van der Waals surface area contributed by atoms with Gasteiger partial charge in [-0.15, -0.1) is 0 Å². The molecule has 1 aliphatic rings. The van der Waals surface area contributed by atoms with E-state index in [2.05, 4.69) is 0 Å². The Morgan fingerprint density at radius 3 is 2.56 bits per heavy atom. The summed E-state index contributed by atoms with van der Waals surface area (Å²) in [5.74, 6) is 0.977. The molecule has 1 aromatic carbocycles. The molecule has 0 bridgehead atoms. The minimum atomic E-state index is -3.51. The lowest BCUT2D eigenvalue weighted by Crippen LogP contribution is -2.37. The summed E-state index contributed by atoms with van der Waals surface area (Å²) in [7, 11) is -3.51. The molecule has 2 rings (SSSR count). The molecule has 0 atom stereocenters. The number of nitrogens with two attached hydrogens (primary N) is 1. The fraction of sp³-hybridized carbons (Fsp3) is 0.364. The first-order valence-corrected chi connectivity index (χ1v) is 8.09. The Bertz CT molecular complexity index is 551. The highest BCUT2D eigenvalue weighted by atomic mass is 32.2. The third-order valence-corrected chi connectivity index (χ3v) is 5.56. The van der Waals surface area contributed by atoms with E-state index in [9.17, 15) is 13.2 Å². The zero-order valence-corrected chi connectivity index (χ0v) is 11.3. The van der Waals surface area contributed by atoms with E-state index in [1.807, 2.05) is 0 Å². The van der Waals surface area contributed by atoms with Gasteiger partial charge < -0.3 is 5.73 Å². The lowest BCUT2D eigenvalue weighted by Gasteiger charge is -2.25. The van der Waals surface area contributed by atoms with Gasteiger partial charge >= 0.3 is 0 Å². The number of hydrogen-bond acceptors (Lipinski definition) is 4. The predicted molar refractivity (Wildman–Crippen MR) is 71.0 cm³/mol. The molecule has 1 aromatic rings. The van der Waals surface area contributed by atoms with Crippen LogP contribution in [-0.2, 0) is 10.0 Å². The largest absolute Gasteiger partial charge is 0.366 e. The van der Waals surface area contributed by atoms with Gasteiger partial charge in [0.2, 0.25) is 15.9 Å². The van der Waals surface area contributed by atoms with Gasteiger partial charge in [0.05, 0.1) is 4.90 Å². The first-order valence-electron chi connectivity index (χ1n) is 5.49. The van der Waals surface area contributed by atoms with Crippen molar-refractivity contribution in [3.8, 4) is 0 Å². The van der Waals surface area contributed by atoms with E-state index in [4.69, 9.17) is 5.73 Å². The standard InChI is InChI=1S/C11H14N2O3S2/c12-11(14)9-2-1-3-10(8-9)18(15,16)13-4-6-17-7-5-13/h1-3,8H,4-7H2,(H2,12,14). The molecule has 7 heteroatoms. The van der Waals surface area contributed by atoms with Crippen LogP contribution in [0.25, 0.3) is 0 Å². The molecule has 0 spiro atoms. The van der Waals surface area contributed by atoms with E-state index < -0.39 is 15.9 Å². The van der Waals surface area contributed by atoms with Crippen molar-refractivity contribution in [3.05, 3.63) is 29.8 Å². The average molecular weight is 286 g/mol. The monoisotopic (exact) mass is 286 g/mol. The first kappa shape index (κ1) is 13.4. The highest BCUT2D eigenvalue weighted by Crippen LogP contribution is 2.20. The maximum absolute atomic E-state index is 12.3. The lowest BCUT2D eigenvalue weighted by molar-refractivity contribution is 0.1000. The maximum Gasteiger partial charge on any atom is 0.248 e. The number of thioether (sulfide) groups is 1. The van der Waals surface area contributed by atoms with Gasteiger partial charge in [0, 0.05) is 30.2 Å². The predicted octanol–water partition coefficient (Wildman–Crippen LogP) is 0.523. The van der Waals surface area contributed by atoms with Crippen LogP contribution < -0.4 is 5.73 Å². The van der Waals surface area contributed by atoms with Crippen molar-refractivity contribution in [2.24, 2.45) is 5.73 Å². The quantitative estimate of drug-likeness (QED) is 0.878. The van der Waals surface area contributed by atoms with Crippen LogP contribution in [0.15, 0.2) is 29.2 Å². The third kappa shape index (κ3) is 2.68. The van der Waals surface area contributed by atoms with Crippen molar-refractivity contribution in [2.45, 2.75) is 4.90 Å². The summed E-state index contributed by atoms with van der Waals surface area (Å²) in [6.45, 7) is 1.02. The number of nitrogens with zero attached hydrogens (tertiary/aromatic N) is 1. The first-order chi connectivity index (χ1) is 8.51. The Morgan fingerprint density at radius 2 is 1.94 bits per heavy atom. The Balaban J connectivity index is 2.34. The number of hydrogen-bond donors (Lipinski definition) is 1. The van der Waals surface area contributed by atoms with Gasteiger partial charge in [-0.25, -0.2) is 8.42 Å². The van der Waals surface area contributed by atoms with E-state index >= 15 is 0 Å². The number of rotatable bonds is 3. The van der Waals surface area contributed by atoms with Gasteiger partial charge in [-0.3, -0.25) is 4.79 Å². The number of primary amides is 1. The SMILES string of the molecule is NC(=O)c1cccc(S(=O)(=O)N2CCSCC2)c1. The van der Waals surface area contributed by atoms with Crippen LogP contribution >= 0.6 is 11.8 Å². The van der Waals surface area contributed by atoms with Crippen LogP contribution in [0, 0.1) is 0 Å². The van der Waals surface area contributed by atoms with E-state index in [0.717, 1.165) is 11.5 Å². The van der Waals surface area contributed by atoms with Crippen molar-refractivity contribution in [3.63, 3.8) is 0 Å². The molecule has 0 saturated carbocycles. The Morgan fingerprint density at radius 1 is 1.28 bits per heavy atom. The minimum absolute atomic E-state index is 0.130. The summed E-state index contributed by atoms with van der Waals surface area (Å²) in [5, 5.41) is 0. The summed E-state index contributed by atoms with van der Waals surface area (Å²) in [6.07, 6.45) is 0. The van der Waals surface area contributed by atoms with Crippen LogP contribution in [-0.4, -0.2) is 43.2 Å². The fourth-order valence-electron chi connectivity index (χ4n) is 1.75. The number of carbonyl (C=O) groups is 1. The van der Waals surface area contributed by atoms with E-state index in [-0.39, 0.29) is 10.5 Å². The molecule has 1 fully saturated rings. The molecule has 0 aliphatic carbocycles. The molecule has 98 valence electrons. The van der Waals surface area contributed by atoms with Crippen molar-refractivity contribution in [2.75, 3.05) is 24.6 Å². The molecule has 5 nitrogen and oxygen atoms in total. The van der Waals surface area contributed by atoms with E-state index in [0.29, 0.717) is 13.1 Å². The molecule has 1 aliphatic heterocycles. The molecule has 1 heterocycles. The molecule has 0 aromatic heterocycles. The second-order valence-electron chi connectivity index (χ2n) is 3.91. The molecule has 1 saturated heterocycles. The third-order valence-electron chi connectivity index (χ3n) is 2.73. The second kappa shape index (κ2) is 5.29. The maximum atomic E-state index is 12.3. The summed E-state index contributed by atoms with van der Waals surface area (Å²) in [6, 6.07) is 5.86. The second-order valence-corrected chi connectivity index (χ2v) is 7.07. The molecular weight excluding hydrogens is 272 g/mol. The summed E-state index contributed by atoms with van der Waals surface area (Å²) < 4.78 is 26.1. The summed E-state index contributed by atoms with van der Waals surface area (Å²) in [5.41, 5.74) is 5.36. The van der Waals surface area contributed by atoms with Crippen LogP contribution in [0.3, 0.4) is 0 Å². The van der Waals surface area contributed by atoms with Crippen LogP contribution in [0.1, 0.15) is 10.4 Å². The van der Waals surface area contributed by atoms with Gasteiger partial charge in [0.1, 0.15) is 0 Å². The van der Waals surface area contributed by atoms with Crippen LogP contribution in [0.4, 0.5) is 0 Å². The van der Waals surface area contributed by atoms with Gasteiger partial charge in [-0.2, -0.15) is 16.1 Å². The highest BCUT2D eigenvalue weighted by molar-refractivity contribution is 7.99. The summed E-state index contributed by atoms with van der Waals surface area (Å²) >= 11 is 1.74. The fourth-order valence-corrected chi connectivity index (χ4v) is 4.37. The molecule has 1 amide bonds.